The van der Waals surface area contributed by atoms with Gasteiger partial charge in [-0.05, 0) is 135 Å². The summed E-state index contributed by atoms with van der Waals surface area (Å²) in [6.45, 7) is 4.16. The molecule has 17 nitrogen and oxygen atoms in total. The van der Waals surface area contributed by atoms with Crippen LogP contribution in [0.1, 0.15) is 277 Å². The lowest BCUT2D eigenvalue weighted by molar-refractivity contribution is 0.107. The van der Waals surface area contributed by atoms with Crippen LogP contribution in [0, 0.1) is 0 Å². The van der Waals surface area contributed by atoms with Crippen LogP contribution < -0.4 is 16.0 Å². The fraction of sp³-hybridized carbons (Fsp3) is 0.867. The van der Waals surface area contributed by atoms with Gasteiger partial charge in [-0.1, -0.05) is 152 Å². The summed E-state index contributed by atoms with van der Waals surface area (Å²) in [5, 5.41) is 18.6. The van der Waals surface area contributed by atoms with Crippen LogP contribution in [0.15, 0.2) is 20.3 Å². The summed E-state index contributed by atoms with van der Waals surface area (Å²) >= 11 is 0. The SMILES string of the molecule is CCCCCCOC(=O)N(CCCCCCNC(=O)N(C(=NC1CCCCC1)ON=C1CCCCC1)C1CCCCC1)C(=O)NCCCCCCNC(=O)N(C(=NC1CCCCC1)ON=C1CCCCC1)C1CCCCC1. The number of hydrogen-bond donors (Lipinski definition) is 3. The van der Waals surface area contributed by atoms with Gasteiger partial charge in [-0.2, -0.15) is 0 Å². The zero-order valence-corrected chi connectivity index (χ0v) is 48.0. The molecular weight excluding hydrogens is 973 g/mol. The minimum atomic E-state index is -0.604. The third kappa shape index (κ3) is 23.4. The molecule has 6 fully saturated rings. The second kappa shape index (κ2) is 37.4. The lowest BCUT2D eigenvalue weighted by Gasteiger charge is -2.34. The second-order valence-corrected chi connectivity index (χ2v) is 23.2. The molecule has 7 amide bonds. The van der Waals surface area contributed by atoms with Gasteiger partial charge in [0.2, 0.25) is 0 Å². The van der Waals surface area contributed by atoms with E-state index in [9.17, 15) is 19.2 Å². The third-order valence-corrected chi connectivity index (χ3v) is 16.8. The topological polar surface area (TPSA) is 191 Å². The van der Waals surface area contributed by atoms with Gasteiger partial charge in [-0.15, -0.1) is 0 Å². The summed E-state index contributed by atoms with van der Waals surface area (Å²) < 4.78 is 5.61. The van der Waals surface area contributed by atoms with Crippen molar-refractivity contribution < 1.29 is 33.6 Å². The maximum atomic E-state index is 14.1. The van der Waals surface area contributed by atoms with Crippen molar-refractivity contribution in [2.24, 2.45) is 20.3 Å². The Labute approximate surface area is 464 Å². The Morgan fingerprint density at radius 2 is 0.818 bits per heavy atom. The number of imide groups is 1. The summed E-state index contributed by atoms with van der Waals surface area (Å²) in [6.07, 6.45) is 41.8. The molecule has 6 saturated carbocycles. The van der Waals surface area contributed by atoms with Gasteiger partial charge >= 0.3 is 36.2 Å². The van der Waals surface area contributed by atoms with E-state index in [-0.39, 0.29) is 49.4 Å². The average molecular weight is 1080 g/mol. The number of carbonyl (C=O) groups is 4. The molecule has 0 unspecified atom stereocenters. The van der Waals surface area contributed by atoms with Crippen molar-refractivity contribution in [2.45, 2.75) is 301 Å². The number of nitrogens with one attached hydrogen (secondary N) is 3. The third-order valence-electron chi connectivity index (χ3n) is 16.8. The number of amidine groups is 2. The number of ether oxygens (including phenoxy) is 1. The number of urea groups is 3. The van der Waals surface area contributed by atoms with Crippen LogP contribution in [0.25, 0.3) is 0 Å². The molecule has 0 radical (unpaired) electrons. The van der Waals surface area contributed by atoms with E-state index in [0.29, 0.717) is 38.1 Å². The Morgan fingerprint density at radius 3 is 1.25 bits per heavy atom. The Balaban J connectivity index is 0.935. The van der Waals surface area contributed by atoms with Crippen LogP contribution in [0.3, 0.4) is 0 Å². The maximum Gasteiger partial charge on any atom is 0.417 e. The van der Waals surface area contributed by atoms with Crippen molar-refractivity contribution in [1.82, 2.24) is 30.7 Å². The lowest BCUT2D eigenvalue weighted by Crippen LogP contribution is -2.51. The molecule has 6 aliphatic rings. The molecule has 436 valence electrons. The monoisotopic (exact) mass is 1080 g/mol. The highest BCUT2D eigenvalue weighted by atomic mass is 16.7. The minimum absolute atomic E-state index is 0.0287. The molecule has 0 aromatic rings. The zero-order chi connectivity index (χ0) is 54.0. The first-order valence-corrected chi connectivity index (χ1v) is 31.9. The molecular formula is C60H104N10O7. The molecule has 0 heterocycles. The van der Waals surface area contributed by atoms with Gasteiger partial charge in [0.25, 0.3) is 0 Å². The number of carbonyl (C=O) groups excluding carboxylic acids is 4. The van der Waals surface area contributed by atoms with Crippen LogP contribution in [-0.2, 0) is 14.4 Å². The lowest BCUT2D eigenvalue weighted by atomic mass is 9.94. The summed E-state index contributed by atoms with van der Waals surface area (Å²) in [5.74, 6) is 0. The van der Waals surface area contributed by atoms with E-state index in [1.54, 1.807) is 9.80 Å². The maximum absolute atomic E-state index is 14.1. The first kappa shape index (κ1) is 61.8. The minimum Gasteiger partial charge on any atom is -0.449 e. The van der Waals surface area contributed by atoms with E-state index in [0.717, 1.165) is 236 Å². The van der Waals surface area contributed by atoms with Crippen molar-refractivity contribution in [3.8, 4) is 0 Å². The summed E-state index contributed by atoms with van der Waals surface area (Å²) in [5.41, 5.74) is 2.13. The Morgan fingerprint density at radius 1 is 0.442 bits per heavy atom. The van der Waals surface area contributed by atoms with Crippen molar-refractivity contribution >= 4 is 47.7 Å². The fourth-order valence-corrected chi connectivity index (χ4v) is 12.0. The van der Waals surface area contributed by atoms with E-state index >= 15 is 0 Å². The molecule has 3 N–H and O–H groups in total. The van der Waals surface area contributed by atoms with Gasteiger partial charge in [0.1, 0.15) is 0 Å². The van der Waals surface area contributed by atoms with Crippen molar-refractivity contribution in [3.63, 3.8) is 0 Å². The van der Waals surface area contributed by atoms with Crippen LogP contribution in [-0.4, -0.2) is 119 Å². The van der Waals surface area contributed by atoms with E-state index in [1.165, 1.54) is 43.4 Å². The number of hydrogen-bond acceptors (Lipinski definition) is 11. The number of unbranched alkanes of at least 4 members (excludes halogenated alkanes) is 9. The zero-order valence-electron chi connectivity index (χ0n) is 48.0. The van der Waals surface area contributed by atoms with Crippen LogP contribution in [0.5, 0.6) is 0 Å². The van der Waals surface area contributed by atoms with Crippen LogP contribution in [0.2, 0.25) is 0 Å². The van der Waals surface area contributed by atoms with Gasteiger partial charge in [0.05, 0.1) is 30.1 Å². The highest BCUT2D eigenvalue weighted by Crippen LogP contribution is 2.29. The number of rotatable bonds is 25. The highest BCUT2D eigenvalue weighted by Gasteiger charge is 2.34. The van der Waals surface area contributed by atoms with Crippen molar-refractivity contribution in [2.75, 3.05) is 32.8 Å². The Bertz CT molecular complexity index is 1820. The summed E-state index contributed by atoms with van der Waals surface area (Å²) in [6, 6.07) is 0.345. The first-order chi connectivity index (χ1) is 37.9. The van der Waals surface area contributed by atoms with Crippen molar-refractivity contribution in [3.05, 3.63) is 0 Å². The molecule has 6 rings (SSSR count). The van der Waals surface area contributed by atoms with Gasteiger partial charge in [0, 0.05) is 38.3 Å². The van der Waals surface area contributed by atoms with Crippen LogP contribution >= 0.6 is 0 Å². The Hall–Kier alpha value is -4.44. The average Bonchev–Trinajstić information content (AvgIpc) is 3.47. The van der Waals surface area contributed by atoms with E-state index in [4.69, 9.17) is 24.4 Å². The molecule has 6 aliphatic carbocycles. The predicted molar refractivity (Wildman–Crippen MR) is 309 cm³/mol. The number of nitrogens with zero attached hydrogens (tertiary/aromatic N) is 7. The van der Waals surface area contributed by atoms with Gasteiger partial charge in [0.15, 0.2) is 0 Å². The molecule has 0 aromatic heterocycles. The molecule has 0 atom stereocenters. The quantitative estimate of drug-likeness (QED) is 0.0350. The number of amides is 7. The first-order valence-electron chi connectivity index (χ1n) is 31.9. The summed E-state index contributed by atoms with van der Waals surface area (Å²) in [7, 11) is 0. The van der Waals surface area contributed by atoms with Gasteiger partial charge in [-0.3, -0.25) is 0 Å². The molecule has 0 saturated heterocycles. The number of oxime groups is 2. The molecule has 0 bridgehead atoms. The van der Waals surface area contributed by atoms with E-state index in [2.05, 4.69) is 33.2 Å². The molecule has 0 aromatic carbocycles. The highest BCUT2D eigenvalue weighted by molar-refractivity contribution is 5.95. The molecule has 17 heteroatoms. The van der Waals surface area contributed by atoms with E-state index < -0.39 is 12.1 Å². The normalized spacial score (nSPS) is 19.7. The fourth-order valence-electron chi connectivity index (χ4n) is 12.0. The standard InChI is InChI=1S/C60H104N10O7/c1-2-3-4-31-48-75-60(74)68(47-30-8-7-29-46-63-57(73)70(54-42-25-14-26-43-54)59(65-50-34-17-10-18-35-50)77-67-52-38-21-12-22-39-52)55(71)61-44-27-5-6-28-45-62-56(72)69(53-40-23-13-24-41-53)58(64-49-32-15-9-16-33-49)76-66-51-36-19-11-20-37-51/h49-50,53-54H,2-48H2,1H3,(H,61,71)(H,62,72)(H,63,73). The van der Waals surface area contributed by atoms with Crippen LogP contribution in [0.4, 0.5) is 19.2 Å². The number of aliphatic imine (C=N–C) groups is 2. The molecule has 77 heavy (non-hydrogen) atoms. The van der Waals surface area contributed by atoms with E-state index in [1.807, 2.05) is 0 Å². The molecule has 0 spiro atoms. The predicted octanol–water partition coefficient (Wildman–Crippen LogP) is 14.6. The molecule has 0 aliphatic heterocycles. The Kier molecular flexibility index (Phi) is 30.0. The second-order valence-electron chi connectivity index (χ2n) is 23.2. The van der Waals surface area contributed by atoms with Crippen molar-refractivity contribution in [1.29, 1.82) is 0 Å². The van der Waals surface area contributed by atoms with Gasteiger partial charge < -0.3 is 30.4 Å². The largest absolute Gasteiger partial charge is 0.449 e. The summed E-state index contributed by atoms with van der Waals surface area (Å²) in [4.78, 5) is 82.5. The van der Waals surface area contributed by atoms with Gasteiger partial charge in [-0.25, -0.2) is 43.9 Å². The smallest absolute Gasteiger partial charge is 0.417 e.